The molecule has 0 aliphatic heterocycles. The van der Waals surface area contributed by atoms with E-state index in [2.05, 4.69) is 45.7 Å². The molecule has 3 heteroatoms. The van der Waals surface area contributed by atoms with E-state index in [9.17, 15) is 0 Å². The third kappa shape index (κ3) is 3.97. The minimum absolute atomic E-state index is 0.217. The Morgan fingerprint density at radius 1 is 1.37 bits per heavy atom. The molecule has 1 aromatic carbocycles. The van der Waals surface area contributed by atoms with Gasteiger partial charge in [0, 0.05) is 18.2 Å². The standard InChI is InChI=1S/C16H24N2O/c1-12(16(2,3)4)18(5)11-14-9-13(10-17)7-8-15(14)19-6/h7-9,12H,11H2,1-6H3. The van der Waals surface area contributed by atoms with Crippen molar-refractivity contribution in [3.63, 3.8) is 0 Å². The molecule has 0 saturated carbocycles. The molecule has 0 amide bonds. The highest BCUT2D eigenvalue weighted by atomic mass is 16.5. The van der Waals surface area contributed by atoms with E-state index in [-0.39, 0.29) is 5.41 Å². The first-order chi connectivity index (χ1) is 8.79. The Hall–Kier alpha value is -1.53. The average Bonchev–Trinajstić information content (AvgIpc) is 2.36. The minimum atomic E-state index is 0.217. The van der Waals surface area contributed by atoms with E-state index in [0.29, 0.717) is 11.6 Å². The van der Waals surface area contributed by atoms with Gasteiger partial charge in [-0.15, -0.1) is 0 Å². The van der Waals surface area contributed by atoms with Crippen molar-refractivity contribution in [1.82, 2.24) is 4.90 Å². The van der Waals surface area contributed by atoms with E-state index in [0.717, 1.165) is 17.9 Å². The second-order valence-electron chi connectivity index (χ2n) is 6.10. The van der Waals surface area contributed by atoms with Gasteiger partial charge in [-0.05, 0) is 37.6 Å². The fourth-order valence-electron chi connectivity index (χ4n) is 2.04. The van der Waals surface area contributed by atoms with Crippen LogP contribution >= 0.6 is 0 Å². The first-order valence-corrected chi connectivity index (χ1v) is 6.57. The highest BCUT2D eigenvalue weighted by Crippen LogP contribution is 2.27. The van der Waals surface area contributed by atoms with Crippen LogP contribution in [0.1, 0.15) is 38.8 Å². The van der Waals surface area contributed by atoms with Gasteiger partial charge in [-0.25, -0.2) is 0 Å². The molecule has 3 nitrogen and oxygen atoms in total. The Bertz CT molecular complexity index is 469. The van der Waals surface area contributed by atoms with Crippen molar-refractivity contribution in [2.45, 2.75) is 40.3 Å². The number of hydrogen-bond acceptors (Lipinski definition) is 3. The van der Waals surface area contributed by atoms with E-state index < -0.39 is 0 Å². The monoisotopic (exact) mass is 260 g/mol. The van der Waals surface area contributed by atoms with Crippen LogP contribution in [0.2, 0.25) is 0 Å². The minimum Gasteiger partial charge on any atom is -0.496 e. The first kappa shape index (κ1) is 15.5. The molecule has 19 heavy (non-hydrogen) atoms. The van der Waals surface area contributed by atoms with Crippen molar-refractivity contribution in [2.75, 3.05) is 14.2 Å². The van der Waals surface area contributed by atoms with Gasteiger partial charge in [0.2, 0.25) is 0 Å². The van der Waals surface area contributed by atoms with E-state index in [1.807, 2.05) is 12.1 Å². The topological polar surface area (TPSA) is 36.3 Å². The Labute approximate surface area is 116 Å². The van der Waals surface area contributed by atoms with Crippen LogP contribution in [0.5, 0.6) is 5.75 Å². The van der Waals surface area contributed by atoms with Crippen molar-refractivity contribution in [3.8, 4) is 11.8 Å². The molecule has 0 saturated heterocycles. The number of hydrogen-bond donors (Lipinski definition) is 0. The van der Waals surface area contributed by atoms with Gasteiger partial charge in [-0.1, -0.05) is 20.8 Å². The lowest BCUT2D eigenvalue weighted by Gasteiger charge is -2.35. The lowest BCUT2D eigenvalue weighted by molar-refractivity contribution is 0.133. The maximum atomic E-state index is 8.99. The van der Waals surface area contributed by atoms with E-state index in [1.54, 1.807) is 13.2 Å². The molecule has 0 aliphatic carbocycles. The molecule has 0 heterocycles. The van der Waals surface area contributed by atoms with Gasteiger partial charge in [0.15, 0.2) is 0 Å². The molecular weight excluding hydrogens is 236 g/mol. The molecule has 1 aromatic rings. The fourth-order valence-corrected chi connectivity index (χ4v) is 2.04. The zero-order chi connectivity index (χ0) is 14.6. The molecule has 0 N–H and O–H groups in total. The quantitative estimate of drug-likeness (QED) is 0.832. The Kier molecular flexibility index (Phi) is 4.97. The summed E-state index contributed by atoms with van der Waals surface area (Å²) < 4.78 is 5.37. The molecule has 0 fully saturated rings. The zero-order valence-electron chi connectivity index (χ0n) is 12.8. The first-order valence-electron chi connectivity index (χ1n) is 6.57. The summed E-state index contributed by atoms with van der Waals surface area (Å²) in [5.41, 5.74) is 1.95. The van der Waals surface area contributed by atoms with Gasteiger partial charge in [0.1, 0.15) is 5.75 Å². The summed E-state index contributed by atoms with van der Waals surface area (Å²) >= 11 is 0. The summed E-state index contributed by atoms with van der Waals surface area (Å²) in [6.07, 6.45) is 0. The zero-order valence-corrected chi connectivity index (χ0v) is 12.8. The van der Waals surface area contributed by atoms with Crippen LogP contribution in [0.4, 0.5) is 0 Å². The lowest BCUT2D eigenvalue weighted by atomic mass is 9.87. The summed E-state index contributed by atoms with van der Waals surface area (Å²) in [5.74, 6) is 0.840. The van der Waals surface area contributed by atoms with Gasteiger partial charge < -0.3 is 4.74 Å². The molecular formula is C16H24N2O. The molecule has 0 spiro atoms. The highest BCUT2D eigenvalue weighted by Gasteiger charge is 2.24. The van der Waals surface area contributed by atoms with Crippen LogP contribution in [0.3, 0.4) is 0 Å². The maximum Gasteiger partial charge on any atom is 0.123 e. The van der Waals surface area contributed by atoms with Crippen molar-refractivity contribution in [1.29, 1.82) is 5.26 Å². The normalized spacial score (nSPS) is 13.2. The second kappa shape index (κ2) is 6.08. The highest BCUT2D eigenvalue weighted by molar-refractivity contribution is 5.42. The van der Waals surface area contributed by atoms with Crippen molar-refractivity contribution in [2.24, 2.45) is 5.41 Å². The van der Waals surface area contributed by atoms with Gasteiger partial charge in [-0.2, -0.15) is 5.26 Å². The van der Waals surface area contributed by atoms with Crippen molar-refractivity contribution < 1.29 is 4.74 Å². The molecule has 0 radical (unpaired) electrons. The maximum absolute atomic E-state index is 8.99. The van der Waals surface area contributed by atoms with Crippen LogP contribution in [0.25, 0.3) is 0 Å². The predicted molar refractivity (Wildman–Crippen MR) is 78.1 cm³/mol. The van der Waals surface area contributed by atoms with Crippen LogP contribution in [-0.4, -0.2) is 25.1 Å². The van der Waals surface area contributed by atoms with Crippen molar-refractivity contribution in [3.05, 3.63) is 29.3 Å². The van der Waals surface area contributed by atoms with Crippen LogP contribution in [0.15, 0.2) is 18.2 Å². The summed E-state index contributed by atoms with van der Waals surface area (Å²) in [5, 5.41) is 8.99. The molecule has 1 atom stereocenters. The molecule has 0 aromatic heterocycles. The van der Waals surface area contributed by atoms with Gasteiger partial charge >= 0.3 is 0 Å². The van der Waals surface area contributed by atoms with Gasteiger partial charge in [-0.3, -0.25) is 4.90 Å². The number of methoxy groups -OCH3 is 1. The Balaban J connectivity index is 2.95. The summed E-state index contributed by atoms with van der Waals surface area (Å²) in [7, 11) is 3.77. The van der Waals surface area contributed by atoms with E-state index in [4.69, 9.17) is 10.00 Å². The number of nitrogens with zero attached hydrogens (tertiary/aromatic N) is 2. The third-order valence-electron chi connectivity index (χ3n) is 3.74. The summed E-state index contributed by atoms with van der Waals surface area (Å²) in [4.78, 5) is 2.29. The van der Waals surface area contributed by atoms with Crippen LogP contribution in [-0.2, 0) is 6.54 Å². The third-order valence-corrected chi connectivity index (χ3v) is 3.74. The number of ether oxygens (including phenoxy) is 1. The van der Waals surface area contributed by atoms with Crippen molar-refractivity contribution >= 4 is 0 Å². The van der Waals surface area contributed by atoms with Gasteiger partial charge in [0.05, 0.1) is 18.7 Å². The smallest absolute Gasteiger partial charge is 0.123 e. The molecule has 1 unspecified atom stereocenters. The van der Waals surface area contributed by atoms with E-state index >= 15 is 0 Å². The average molecular weight is 260 g/mol. The van der Waals surface area contributed by atoms with Crippen LogP contribution < -0.4 is 4.74 Å². The molecule has 0 bridgehead atoms. The summed E-state index contributed by atoms with van der Waals surface area (Å²) in [6.45, 7) is 9.70. The number of rotatable bonds is 4. The van der Waals surface area contributed by atoms with Gasteiger partial charge in [0.25, 0.3) is 0 Å². The second-order valence-corrected chi connectivity index (χ2v) is 6.10. The largest absolute Gasteiger partial charge is 0.496 e. The fraction of sp³-hybridized carbons (Fsp3) is 0.562. The summed E-state index contributed by atoms with van der Waals surface area (Å²) in [6, 6.07) is 8.17. The molecule has 1 rings (SSSR count). The number of nitriles is 1. The lowest BCUT2D eigenvalue weighted by Crippen LogP contribution is -2.38. The van der Waals surface area contributed by atoms with E-state index in [1.165, 1.54) is 0 Å². The Morgan fingerprint density at radius 2 is 2.00 bits per heavy atom. The molecule has 104 valence electrons. The molecule has 0 aliphatic rings. The predicted octanol–water partition coefficient (Wildman–Crippen LogP) is 3.43. The SMILES string of the molecule is COc1ccc(C#N)cc1CN(C)C(C)C(C)(C)C. The van der Waals surface area contributed by atoms with Crippen LogP contribution in [0, 0.1) is 16.7 Å². The number of benzene rings is 1. The Morgan fingerprint density at radius 3 is 2.47 bits per heavy atom.